The third-order valence-electron chi connectivity index (χ3n) is 4.13. The van der Waals surface area contributed by atoms with Crippen LogP contribution in [0.15, 0.2) is 35.3 Å². The number of halogens is 1. The summed E-state index contributed by atoms with van der Waals surface area (Å²) in [5, 5.41) is 6.66. The largest absolute Gasteiger partial charge is 0.381 e. The van der Waals surface area contributed by atoms with Crippen LogP contribution in [0.1, 0.15) is 31.2 Å². The Bertz CT molecular complexity index is 465. The third-order valence-corrected chi connectivity index (χ3v) is 4.13. The number of hydrogen-bond donors (Lipinski definition) is 2. The molecule has 0 saturated carbocycles. The van der Waals surface area contributed by atoms with Crippen LogP contribution < -0.4 is 10.6 Å². The lowest BCUT2D eigenvalue weighted by Gasteiger charge is -2.15. The van der Waals surface area contributed by atoms with Crippen molar-refractivity contribution in [2.45, 2.75) is 38.2 Å². The first-order chi connectivity index (χ1) is 11.9. The summed E-state index contributed by atoms with van der Waals surface area (Å²) in [4.78, 5) is 4.24. The summed E-state index contributed by atoms with van der Waals surface area (Å²) in [5.74, 6) is 0.857. The minimum absolute atomic E-state index is 0. The van der Waals surface area contributed by atoms with Gasteiger partial charge in [-0.3, -0.25) is 4.99 Å². The van der Waals surface area contributed by atoms with Gasteiger partial charge in [0, 0.05) is 33.4 Å². The van der Waals surface area contributed by atoms with Gasteiger partial charge >= 0.3 is 0 Å². The number of hydrogen-bond acceptors (Lipinski definition) is 3. The number of nitrogens with zero attached hydrogens (tertiary/aromatic N) is 1. The number of guanidine groups is 1. The van der Waals surface area contributed by atoms with Crippen molar-refractivity contribution in [1.29, 1.82) is 0 Å². The lowest BCUT2D eigenvalue weighted by atomic mass is 10.2. The van der Waals surface area contributed by atoms with E-state index < -0.39 is 0 Å². The summed E-state index contributed by atoms with van der Waals surface area (Å²) < 4.78 is 11.3. The van der Waals surface area contributed by atoms with Crippen LogP contribution in [0, 0.1) is 0 Å². The molecule has 0 aliphatic carbocycles. The monoisotopic (exact) mass is 461 g/mol. The first-order valence-corrected chi connectivity index (χ1v) is 9.06. The summed E-state index contributed by atoms with van der Waals surface area (Å²) >= 11 is 0. The molecule has 1 atom stereocenters. The molecule has 1 unspecified atom stereocenters. The van der Waals surface area contributed by atoms with E-state index in [1.54, 1.807) is 7.05 Å². The highest BCUT2D eigenvalue weighted by Crippen LogP contribution is 2.10. The molecule has 1 aliphatic rings. The highest BCUT2D eigenvalue weighted by atomic mass is 127. The van der Waals surface area contributed by atoms with E-state index in [1.807, 2.05) is 6.07 Å². The van der Waals surface area contributed by atoms with E-state index >= 15 is 0 Å². The van der Waals surface area contributed by atoms with Crippen molar-refractivity contribution < 1.29 is 9.47 Å². The Balaban J connectivity index is 0.00000312. The second-order valence-electron chi connectivity index (χ2n) is 6.07. The first-order valence-electron chi connectivity index (χ1n) is 9.06. The zero-order chi connectivity index (χ0) is 16.9. The fraction of sp³-hybridized carbons (Fsp3) is 0.632. The van der Waals surface area contributed by atoms with Crippen molar-refractivity contribution in [2.24, 2.45) is 4.99 Å². The second-order valence-corrected chi connectivity index (χ2v) is 6.07. The van der Waals surface area contributed by atoms with Gasteiger partial charge in [-0.25, -0.2) is 0 Å². The molecule has 1 aromatic carbocycles. The Kier molecular flexibility index (Phi) is 12.7. The summed E-state index contributed by atoms with van der Waals surface area (Å²) in [6, 6.07) is 10.5. The Morgan fingerprint density at radius 1 is 1.20 bits per heavy atom. The van der Waals surface area contributed by atoms with Crippen LogP contribution in [0.4, 0.5) is 0 Å². The molecule has 0 aromatic heterocycles. The van der Waals surface area contributed by atoms with Crippen molar-refractivity contribution >= 4 is 29.9 Å². The minimum atomic E-state index is 0. The molecule has 0 spiro atoms. The predicted octanol–water partition coefficient (Wildman–Crippen LogP) is 2.99. The van der Waals surface area contributed by atoms with Crippen molar-refractivity contribution in [3.63, 3.8) is 0 Å². The van der Waals surface area contributed by atoms with Gasteiger partial charge in [-0.05, 0) is 37.7 Å². The molecule has 1 saturated heterocycles. The highest BCUT2D eigenvalue weighted by molar-refractivity contribution is 14.0. The van der Waals surface area contributed by atoms with E-state index in [-0.39, 0.29) is 24.0 Å². The molecule has 1 heterocycles. The maximum absolute atomic E-state index is 5.70. The third kappa shape index (κ3) is 10.0. The lowest BCUT2D eigenvalue weighted by Crippen LogP contribution is -2.41. The van der Waals surface area contributed by atoms with Gasteiger partial charge in [-0.2, -0.15) is 0 Å². The lowest BCUT2D eigenvalue weighted by molar-refractivity contribution is 0.114. The van der Waals surface area contributed by atoms with E-state index in [1.165, 1.54) is 12.0 Å². The average molecular weight is 461 g/mol. The van der Waals surface area contributed by atoms with E-state index in [9.17, 15) is 0 Å². The molecule has 2 N–H and O–H groups in total. The number of benzene rings is 1. The van der Waals surface area contributed by atoms with E-state index in [0.29, 0.717) is 6.10 Å². The predicted molar refractivity (Wildman–Crippen MR) is 114 cm³/mol. The van der Waals surface area contributed by atoms with Crippen molar-refractivity contribution in [3.05, 3.63) is 35.9 Å². The number of aliphatic imine (C=N–C) groups is 1. The Morgan fingerprint density at radius 3 is 2.76 bits per heavy atom. The van der Waals surface area contributed by atoms with Crippen LogP contribution >= 0.6 is 24.0 Å². The van der Waals surface area contributed by atoms with Crippen LogP contribution in [0.2, 0.25) is 0 Å². The molecule has 0 radical (unpaired) electrons. The smallest absolute Gasteiger partial charge is 0.191 e. The summed E-state index contributed by atoms with van der Waals surface area (Å²) in [7, 11) is 1.80. The van der Waals surface area contributed by atoms with Gasteiger partial charge < -0.3 is 20.1 Å². The SMILES string of the molecule is CN=C(NCCCCOCCc1ccccc1)NCC1CCCO1.I. The standard InChI is InChI=1S/C19H31N3O2.HI/c1-20-19(22-16-18-10-7-14-24-18)21-12-5-6-13-23-15-11-17-8-3-2-4-9-17;/h2-4,8-9,18H,5-7,10-16H2,1H3,(H2,20,21,22);1H. The molecule has 0 amide bonds. The maximum atomic E-state index is 5.70. The molecule has 1 aliphatic heterocycles. The van der Waals surface area contributed by atoms with Crippen molar-refractivity contribution in [3.8, 4) is 0 Å². The van der Waals surface area contributed by atoms with Crippen LogP contribution in [0.3, 0.4) is 0 Å². The van der Waals surface area contributed by atoms with Crippen LogP contribution in [0.25, 0.3) is 0 Å². The second kappa shape index (κ2) is 14.3. The fourth-order valence-electron chi connectivity index (χ4n) is 2.71. The average Bonchev–Trinajstić information content (AvgIpc) is 3.14. The van der Waals surface area contributed by atoms with Gasteiger partial charge in [-0.1, -0.05) is 30.3 Å². The van der Waals surface area contributed by atoms with E-state index in [0.717, 1.165) is 64.6 Å². The minimum Gasteiger partial charge on any atom is -0.381 e. The molecule has 5 nitrogen and oxygen atoms in total. The van der Waals surface area contributed by atoms with Crippen LogP contribution in [0.5, 0.6) is 0 Å². The molecule has 1 fully saturated rings. The summed E-state index contributed by atoms with van der Waals surface area (Å²) in [6.07, 6.45) is 5.77. The zero-order valence-corrected chi connectivity index (χ0v) is 17.5. The van der Waals surface area contributed by atoms with Gasteiger partial charge in [0.25, 0.3) is 0 Å². The number of ether oxygens (including phenoxy) is 2. The molecular formula is C19H32IN3O2. The van der Waals surface area contributed by atoms with Gasteiger partial charge in [-0.15, -0.1) is 24.0 Å². The van der Waals surface area contributed by atoms with Gasteiger partial charge in [0.1, 0.15) is 0 Å². The molecule has 1 aromatic rings. The fourth-order valence-corrected chi connectivity index (χ4v) is 2.71. The van der Waals surface area contributed by atoms with Gasteiger partial charge in [0.15, 0.2) is 5.96 Å². The molecular weight excluding hydrogens is 429 g/mol. The van der Waals surface area contributed by atoms with E-state index in [4.69, 9.17) is 9.47 Å². The number of unbranched alkanes of at least 4 members (excludes halogenated alkanes) is 1. The van der Waals surface area contributed by atoms with E-state index in [2.05, 4.69) is 39.9 Å². The van der Waals surface area contributed by atoms with Gasteiger partial charge in [0.2, 0.25) is 0 Å². The molecule has 6 heteroatoms. The maximum Gasteiger partial charge on any atom is 0.191 e. The Morgan fingerprint density at radius 2 is 2.04 bits per heavy atom. The highest BCUT2D eigenvalue weighted by Gasteiger charge is 2.15. The van der Waals surface area contributed by atoms with Crippen LogP contribution in [-0.2, 0) is 15.9 Å². The summed E-state index contributed by atoms with van der Waals surface area (Å²) in [5.41, 5.74) is 1.33. The normalized spacial score (nSPS) is 17.2. The Hall–Kier alpha value is -0.860. The number of rotatable bonds is 10. The van der Waals surface area contributed by atoms with Crippen molar-refractivity contribution in [1.82, 2.24) is 10.6 Å². The Labute approximate surface area is 169 Å². The quantitative estimate of drug-likeness (QED) is 0.244. The van der Waals surface area contributed by atoms with Crippen LogP contribution in [-0.4, -0.2) is 52.0 Å². The summed E-state index contributed by atoms with van der Waals surface area (Å²) in [6.45, 7) is 4.25. The zero-order valence-electron chi connectivity index (χ0n) is 15.2. The molecule has 142 valence electrons. The molecule has 2 rings (SSSR count). The molecule has 25 heavy (non-hydrogen) atoms. The van der Waals surface area contributed by atoms with Gasteiger partial charge in [0.05, 0.1) is 12.7 Å². The van der Waals surface area contributed by atoms with Crippen molar-refractivity contribution in [2.75, 3.05) is 40.0 Å². The topological polar surface area (TPSA) is 54.9 Å². The number of nitrogens with one attached hydrogen (secondary N) is 2. The first kappa shape index (κ1) is 22.2. The molecule has 0 bridgehead atoms.